The van der Waals surface area contributed by atoms with E-state index in [0.717, 1.165) is 11.3 Å². The molecule has 1 aromatic heterocycles. The van der Waals surface area contributed by atoms with Gasteiger partial charge in [-0.3, -0.25) is 15.1 Å². The predicted octanol–water partition coefficient (Wildman–Crippen LogP) is 6.29. The molecule has 0 radical (unpaired) electrons. The Labute approximate surface area is 285 Å². The van der Waals surface area contributed by atoms with E-state index in [1.54, 1.807) is 74.5 Å². The Balaban J connectivity index is 1.25. The van der Waals surface area contributed by atoms with Crippen molar-refractivity contribution in [1.29, 1.82) is 0 Å². The molecule has 4 amide bonds. The lowest BCUT2D eigenvalue weighted by Gasteiger charge is -2.36. The highest BCUT2D eigenvalue weighted by atomic mass is 19.1. The predicted molar refractivity (Wildman–Crippen MR) is 188 cm³/mol. The van der Waals surface area contributed by atoms with E-state index in [2.05, 4.69) is 37.7 Å². The van der Waals surface area contributed by atoms with Gasteiger partial charge in [0, 0.05) is 67.6 Å². The van der Waals surface area contributed by atoms with E-state index in [9.17, 15) is 18.8 Å². The topological polar surface area (TPSA) is 116 Å². The second-order valence-corrected chi connectivity index (χ2v) is 12.5. The van der Waals surface area contributed by atoms with Gasteiger partial charge in [0.2, 0.25) is 0 Å². The van der Waals surface area contributed by atoms with Crippen molar-refractivity contribution in [3.8, 4) is 11.8 Å². The fourth-order valence-corrected chi connectivity index (χ4v) is 5.19. The number of rotatable bonds is 7. The van der Waals surface area contributed by atoms with E-state index in [1.807, 2.05) is 30.3 Å². The third kappa shape index (κ3) is 10.3. The van der Waals surface area contributed by atoms with Crippen molar-refractivity contribution in [3.63, 3.8) is 0 Å². The molecule has 1 aliphatic heterocycles. The van der Waals surface area contributed by atoms with Crippen molar-refractivity contribution in [2.45, 2.75) is 32.8 Å². The van der Waals surface area contributed by atoms with Crippen LogP contribution in [0.3, 0.4) is 0 Å². The van der Waals surface area contributed by atoms with Gasteiger partial charge in [-0.2, -0.15) is 0 Å². The normalized spacial score (nSPS) is 12.7. The molecular weight excluding hydrogens is 623 g/mol. The van der Waals surface area contributed by atoms with Crippen molar-refractivity contribution in [1.82, 2.24) is 15.2 Å². The molecule has 0 saturated carbocycles. The molecule has 1 fully saturated rings. The molecule has 49 heavy (non-hydrogen) atoms. The van der Waals surface area contributed by atoms with Gasteiger partial charge in [-0.05, 0) is 99.5 Å². The molecule has 0 aliphatic carbocycles. The fraction of sp³-hybridized carbons (Fsp3) is 0.263. The van der Waals surface area contributed by atoms with Crippen LogP contribution >= 0.6 is 0 Å². The van der Waals surface area contributed by atoms with Gasteiger partial charge < -0.3 is 25.2 Å². The summed E-state index contributed by atoms with van der Waals surface area (Å²) in [6, 6.07) is 21.7. The maximum Gasteiger partial charge on any atom is 0.412 e. The summed E-state index contributed by atoms with van der Waals surface area (Å²) < 4.78 is 18.8. The van der Waals surface area contributed by atoms with Gasteiger partial charge >= 0.3 is 12.1 Å². The van der Waals surface area contributed by atoms with Gasteiger partial charge in [-0.25, -0.2) is 14.0 Å². The van der Waals surface area contributed by atoms with Gasteiger partial charge in [0.1, 0.15) is 11.4 Å². The molecule has 11 heteroatoms. The van der Waals surface area contributed by atoms with Crippen LogP contribution in [0.1, 0.15) is 47.8 Å². The van der Waals surface area contributed by atoms with Crippen LogP contribution in [0, 0.1) is 17.7 Å². The Morgan fingerprint density at radius 2 is 1.63 bits per heavy atom. The van der Waals surface area contributed by atoms with Crippen molar-refractivity contribution in [2.24, 2.45) is 0 Å². The number of urea groups is 1. The van der Waals surface area contributed by atoms with Crippen LogP contribution in [0.2, 0.25) is 0 Å². The number of nitrogens with zero attached hydrogens (tertiary/aromatic N) is 3. The average Bonchev–Trinajstić information content (AvgIpc) is 3.07. The number of hydrogen-bond acceptors (Lipinski definition) is 6. The first-order valence-electron chi connectivity index (χ1n) is 16.0. The Hall–Kier alpha value is -5.89. The van der Waals surface area contributed by atoms with Crippen LogP contribution in [0.5, 0.6) is 0 Å². The standard InChI is InChI=1S/C38H39FN6O4/c1-38(2,3)49-37(48)43-32-8-4-7-30(25-32)35(46)45-22-20-44(21-23-45)34-16-15-33(24-29(34)12-9-27-10-13-31(39)14-11-27)42-36(47)41-19-17-28-6-5-18-40-26-28/h4-8,10-11,13-16,18,24-26H,17,19-23H2,1-3H3,(H,43,48)(H2,41,42,47). The number of hydrogen-bond donors (Lipinski definition) is 3. The van der Waals surface area contributed by atoms with Crippen LogP contribution in [0.4, 0.5) is 31.0 Å². The van der Waals surface area contributed by atoms with E-state index in [1.165, 1.54) is 12.1 Å². The molecule has 2 heterocycles. The Morgan fingerprint density at radius 3 is 2.35 bits per heavy atom. The van der Waals surface area contributed by atoms with E-state index in [0.29, 0.717) is 67.2 Å². The monoisotopic (exact) mass is 662 g/mol. The van der Waals surface area contributed by atoms with E-state index in [4.69, 9.17) is 4.74 Å². The molecule has 3 N–H and O–H groups in total. The number of carbonyl (C=O) groups excluding carboxylic acids is 3. The molecule has 3 aromatic carbocycles. The molecule has 0 unspecified atom stereocenters. The van der Waals surface area contributed by atoms with E-state index >= 15 is 0 Å². The quantitative estimate of drug-likeness (QED) is 0.200. The minimum atomic E-state index is -0.643. The molecular formula is C38H39FN6O4. The van der Waals surface area contributed by atoms with Crippen LogP contribution in [-0.2, 0) is 11.2 Å². The molecule has 0 bridgehead atoms. The smallest absolute Gasteiger partial charge is 0.412 e. The number of piperazine rings is 1. The molecule has 1 saturated heterocycles. The van der Waals surface area contributed by atoms with Crippen LogP contribution in [0.25, 0.3) is 0 Å². The Kier molecular flexibility index (Phi) is 11.1. The Bertz CT molecular complexity index is 1840. The second-order valence-electron chi connectivity index (χ2n) is 12.5. The minimum Gasteiger partial charge on any atom is -0.444 e. The van der Waals surface area contributed by atoms with Gasteiger partial charge in [-0.1, -0.05) is 24.0 Å². The van der Waals surface area contributed by atoms with Gasteiger partial charge in [0.15, 0.2) is 0 Å². The Morgan fingerprint density at radius 1 is 0.878 bits per heavy atom. The van der Waals surface area contributed by atoms with Gasteiger partial charge in [-0.15, -0.1) is 0 Å². The molecule has 10 nitrogen and oxygen atoms in total. The van der Waals surface area contributed by atoms with Gasteiger partial charge in [0.25, 0.3) is 5.91 Å². The maximum absolute atomic E-state index is 13.5. The molecule has 0 spiro atoms. The summed E-state index contributed by atoms with van der Waals surface area (Å²) in [5.41, 5.74) is 4.07. The number of aromatic nitrogens is 1. The summed E-state index contributed by atoms with van der Waals surface area (Å²) in [7, 11) is 0. The number of benzene rings is 3. The summed E-state index contributed by atoms with van der Waals surface area (Å²) in [6.45, 7) is 7.82. The lowest BCUT2D eigenvalue weighted by molar-refractivity contribution is 0.0634. The largest absolute Gasteiger partial charge is 0.444 e. The van der Waals surface area contributed by atoms with Gasteiger partial charge in [0.05, 0.1) is 11.3 Å². The fourth-order valence-electron chi connectivity index (χ4n) is 5.19. The molecule has 1 aliphatic rings. The van der Waals surface area contributed by atoms with Crippen LogP contribution in [0.15, 0.2) is 91.3 Å². The van der Waals surface area contributed by atoms with Crippen molar-refractivity contribution in [3.05, 3.63) is 119 Å². The third-order valence-corrected chi connectivity index (χ3v) is 7.52. The zero-order valence-electron chi connectivity index (χ0n) is 27.8. The van der Waals surface area contributed by atoms with E-state index in [-0.39, 0.29) is 17.8 Å². The summed E-state index contributed by atoms with van der Waals surface area (Å²) in [5.74, 6) is 5.82. The minimum absolute atomic E-state index is 0.141. The van der Waals surface area contributed by atoms with Crippen LogP contribution < -0.4 is 20.9 Å². The maximum atomic E-state index is 13.5. The lowest BCUT2D eigenvalue weighted by Crippen LogP contribution is -2.49. The molecule has 252 valence electrons. The molecule has 5 rings (SSSR count). The number of anilines is 3. The van der Waals surface area contributed by atoms with Crippen molar-refractivity contribution in [2.75, 3.05) is 48.3 Å². The zero-order valence-corrected chi connectivity index (χ0v) is 27.8. The lowest BCUT2D eigenvalue weighted by atomic mass is 10.1. The summed E-state index contributed by atoms with van der Waals surface area (Å²) in [4.78, 5) is 46.4. The number of carbonyl (C=O) groups is 3. The molecule has 4 aromatic rings. The number of pyridine rings is 1. The van der Waals surface area contributed by atoms with Crippen LogP contribution in [-0.4, -0.2) is 66.2 Å². The van der Waals surface area contributed by atoms with Crippen molar-refractivity contribution >= 4 is 35.1 Å². The number of halogens is 1. The summed E-state index contributed by atoms with van der Waals surface area (Å²) >= 11 is 0. The highest BCUT2D eigenvalue weighted by Gasteiger charge is 2.24. The summed E-state index contributed by atoms with van der Waals surface area (Å²) in [5, 5.41) is 8.44. The summed E-state index contributed by atoms with van der Waals surface area (Å²) in [6.07, 6.45) is 3.53. The third-order valence-electron chi connectivity index (χ3n) is 7.52. The number of nitrogens with one attached hydrogen (secondary N) is 3. The first-order valence-corrected chi connectivity index (χ1v) is 16.0. The number of amides is 4. The van der Waals surface area contributed by atoms with E-state index < -0.39 is 11.7 Å². The first-order chi connectivity index (χ1) is 23.5. The SMILES string of the molecule is CC(C)(C)OC(=O)Nc1cccc(C(=O)N2CCN(c3ccc(NC(=O)NCCc4cccnc4)cc3C#Cc3ccc(F)cc3)CC2)c1. The van der Waals surface area contributed by atoms with Crippen molar-refractivity contribution < 1.29 is 23.5 Å². The second kappa shape index (κ2) is 15.8. The zero-order chi connectivity index (χ0) is 34.8. The highest BCUT2D eigenvalue weighted by molar-refractivity contribution is 5.96. The highest BCUT2D eigenvalue weighted by Crippen LogP contribution is 2.26. The first kappa shape index (κ1) is 34.4. The number of ether oxygens (including phenoxy) is 1. The molecule has 0 atom stereocenters. The average molecular weight is 663 g/mol.